The second-order valence-electron chi connectivity index (χ2n) is 11.9. The molecule has 39 heavy (non-hydrogen) atoms. The smallest absolute Gasteiger partial charge is 0.0625 e. The molecule has 1 fully saturated rings. The Hall–Kier alpha value is -3.64. The van der Waals surface area contributed by atoms with E-state index in [1.807, 2.05) is 0 Å². The molecule has 0 aromatic heterocycles. The lowest BCUT2D eigenvalue weighted by Gasteiger charge is -2.39. The molecule has 4 aromatic carbocycles. The number of hydrogen-bond acceptors (Lipinski definition) is 0. The zero-order chi connectivity index (χ0) is 26.8. The van der Waals surface area contributed by atoms with E-state index in [4.69, 9.17) is 0 Å². The summed E-state index contributed by atoms with van der Waals surface area (Å²) in [5.74, 6) is 2.50. The minimum atomic E-state index is -0.493. The highest BCUT2D eigenvalue weighted by molar-refractivity contribution is 6.07. The molecule has 0 N–H and O–H groups in total. The summed E-state index contributed by atoms with van der Waals surface area (Å²) >= 11 is 0. The van der Waals surface area contributed by atoms with Crippen molar-refractivity contribution in [3.05, 3.63) is 155 Å². The van der Waals surface area contributed by atoms with E-state index in [1.165, 1.54) is 58.2 Å². The first-order chi connectivity index (χ1) is 19.1. The second kappa shape index (κ2) is 10.9. The van der Waals surface area contributed by atoms with E-state index in [1.54, 1.807) is 0 Å². The molecule has 0 saturated heterocycles. The van der Waals surface area contributed by atoms with Crippen molar-refractivity contribution in [1.29, 1.82) is 0 Å². The molecular formula is C39H39. The maximum atomic E-state index is 4.35. The molecule has 3 unspecified atom stereocenters. The van der Waals surface area contributed by atoms with Crippen LogP contribution in [0.5, 0.6) is 0 Å². The lowest BCUT2D eigenvalue weighted by molar-refractivity contribution is 0.173. The molecular weight excluding hydrogens is 468 g/mol. The van der Waals surface area contributed by atoms with Crippen LogP contribution in [0.3, 0.4) is 0 Å². The molecule has 3 atom stereocenters. The summed E-state index contributed by atoms with van der Waals surface area (Å²) in [7, 11) is 0. The molecule has 1 saturated carbocycles. The lowest BCUT2D eigenvalue weighted by Crippen LogP contribution is -2.30. The number of benzene rings is 4. The minimum absolute atomic E-state index is 0.483. The van der Waals surface area contributed by atoms with Crippen LogP contribution < -0.4 is 0 Å². The molecule has 4 aromatic rings. The Labute approximate surface area is 235 Å². The van der Waals surface area contributed by atoms with Gasteiger partial charge in [-0.25, -0.2) is 0 Å². The molecule has 2 aliphatic carbocycles. The molecule has 0 amide bonds. The van der Waals surface area contributed by atoms with Crippen molar-refractivity contribution in [3.8, 4) is 0 Å². The third kappa shape index (κ3) is 4.61. The molecule has 0 bridgehead atoms. The van der Waals surface area contributed by atoms with Crippen LogP contribution in [0.2, 0.25) is 0 Å². The molecule has 0 spiro atoms. The molecule has 0 aliphatic heterocycles. The van der Waals surface area contributed by atoms with Crippen molar-refractivity contribution >= 4 is 11.1 Å². The van der Waals surface area contributed by atoms with Gasteiger partial charge in [-0.15, -0.1) is 0 Å². The van der Waals surface area contributed by atoms with Crippen LogP contribution in [0.15, 0.2) is 127 Å². The summed E-state index contributed by atoms with van der Waals surface area (Å²) in [6.07, 6.45) is 8.19. The topological polar surface area (TPSA) is 0 Å². The summed E-state index contributed by atoms with van der Waals surface area (Å²) in [4.78, 5) is 0. The molecule has 2 aliphatic rings. The van der Waals surface area contributed by atoms with Gasteiger partial charge in [0.1, 0.15) is 0 Å². The Morgan fingerprint density at radius 3 is 1.64 bits per heavy atom. The fourth-order valence-electron chi connectivity index (χ4n) is 7.31. The summed E-state index contributed by atoms with van der Waals surface area (Å²) in [5, 5.41) is 0. The molecule has 195 valence electrons. The van der Waals surface area contributed by atoms with Crippen molar-refractivity contribution in [3.63, 3.8) is 0 Å². The van der Waals surface area contributed by atoms with Gasteiger partial charge < -0.3 is 0 Å². The summed E-state index contributed by atoms with van der Waals surface area (Å²) in [6.45, 7) is 7.30. The number of allylic oxidation sites excluding steroid dienone is 4. The molecule has 0 heterocycles. The standard InChI is InChI=1S/C39H39/c1-28(2)34-25-24-29(3)26-35(34)36-27-39(32-20-12-6-13-21-32,33-22-14-7-15-23-33)38(31-18-10-5-11-19-31)37(36)30-16-8-4-9-17-30/h4-23,28-29,34-35H,24-26H2,1-3H3. The SMILES string of the molecule is CC1CCC(C(C)C)C(C2=[C]C(c3ccccc3)(c3ccccc3)C(c3ccccc3)=C2c2ccccc2)C1. The van der Waals surface area contributed by atoms with Crippen LogP contribution >= 0.6 is 0 Å². The van der Waals surface area contributed by atoms with E-state index >= 15 is 0 Å². The zero-order valence-electron chi connectivity index (χ0n) is 23.5. The molecule has 0 heteroatoms. The second-order valence-corrected chi connectivity index (χ2v) is 11.9. The van der Waals surface area contributed by atoms with Crippen LogP contribution in [-0.2, 0) is 5.41 Å². The Morgan fingerprint density at radius 1 is 0.641 bits per heavy atom. The quantitative estimate of drug-likeness (QED) is 0.243. The predicted molar refractivity (Wildman–Crippen MR) is 165 cm³/mol. The van der Waals surface area contributed by atoms with Crippen LogP contribution in [0.25, 0.3) is 11.1 Å². The molecule has 0 nitrogen and oxygen atoms in total. The summed E-state index contributed by atoms with van der Waals surface area (Å²) in [6, 6.07) is 44.4. The van der Waals surface area contributed by atoms with Crippen LogP contribution in [0, 0.1) is 29.7 Å². The van der Waals surface area contributed by atoms with E-state index in [2.05, 4.69) is 148 Å². The third-order valence-corrected chi connectivity index (χ3v) is 9.15. The maximum absolute atomic E-state index is 4.35. The first-order valence-corrected chi connectivity index (χ1v) is 14.7. The first-order valence-electron chi connectivity index (χ1n) is 14.7. The maximum Gasteiger partial charge on any atom is 0.0719 e. The highest BCUT2D eigenvalue weighted by atomic mass is 14.5. The van der Waals surface area contributed by atoms with Crippen molar-refractivity contribution in [2.75, 3.05) is 0 Å². The van der Waals surface area contributed by atoms with E-state index in [-0.39, 0.29) is 0 Å². The van der Waals surface area contributed by atoms with Gasteiger partial charge in [0.15, 0.2) is 0 Å². The monoisotopic (exact) mass is 507 g/mol. The normalized spacial score (nSPS) is 22.7. The van der Waals surface area contributed by atoms with Crippen molar-refractivity contribution in [2.24, 2.45) is 23.7 Å². The Bertz CT molecular complexity index is 1400. The minimum Gasteiger partial charge on any atom is -0.0625 e. The third-order valence-electron chi connectivity index (χ3n) is 9.15. The predicted octanol–water partition coefficient (Wildman–Crippen LogP) is 10.0. The Morgan fingerprint density at radius 2 is 1.13 bits per heavy atom. The van der Waals surface area contributed by atoms with E-state index < -0.39 is 5.41 Å². The largest absolute Gasteiger partial charge is 0.0719 e. The van der Waals surface area contributed by atoms with Gasteiger partial charge >= 0.3 is 0 Å². The van der Waals surface area contributed by atoms with Gasteiger partial charge in [-0.3, -0.25) is 0 Å². The van der Waals surface area contributed by atoms with Gasteiger partial charge in [0, 0.05) is 0 Å². The zero-order valence-corrected chi connectivity index (χ0v) is 23.5. The lowest BCUT2D eigenvalue weighted by atomic mass is 9.66. The average Bonchev–Trinajstić information content (AvgIpc) is 3.36. The van der Waals surface area contributed by atoms with Gasteiger partial charge in [0.05, 0.1) is 5.41 Å². The van der Waals surface area contributed by atoms with Crippen LogP contribution in [0.4, 0.5) is 0 Å². The molecule has 6 rings (SSSR count). The highest BCUT2D eigenvalue weighted by Gasteiger charge is 2.48. The number of hydrogen-bond donors (Lipinski definition) is 0. The highest BCUT2D eigenvalue weighted by Crippen LogP contribution is 2.59. The number of rotatable bonds is 6. The van der Waals surface area contributed by atoms with Gasteiger partial charge in [-0.05, 0) is 81.6 Å². The van der Waals surface area contributed by atoms with E-state index in [9.17, 15) is 0 Å². The fraction of sp³-hybridized carbons (Fsp3) is 0.282. The van der Waals surface area contributed by atoms with Gasteiger partial charge in [-0.1, -0.05) is 149 Å². The van der Waals surface area contributed by atoms with Crippen molar-refractivity contribution in [1.82, 2.24) is 0 Å². The van der Waals surface area contributed by atoms with Gasteiger partial charge in [0.25, 0.3) is 0 Å². The Balaban J connectivity index is 1.75. The van der Waals surface area contributed by atoms with Crippen molar-refractivity contribution < 1.29 is 0 Å². The summed E-state index contributed by atoms with van der Waals surface area (Å²) < 4.78 is 0. The fourth-order valence-corrected chi connectivity index (χ4v) is 7.31. The van der Waals surface area contributed by atoms with Gasteiger partial charge in [0.2, 0.25) is 0 Å². The Kier molecular flexibility index (Phi) is 7.13. The summed E-state index contributed by atoms with van der Waals surface area (Å²) in [5.41, 5.74) is 8.82. The van der Waals surface area contributed by atoms with E-state index in [0.29, 0.717) is 17.8 Å². The van der Waals surface area contributed by atoms with Crippen molar-refractivity contribution in [2.45, 2.75) is 45.4 Å². The molecule has 1 radical (unpaired) electrons. The van der Waals surface area contributed by atoms with E-state index in [0.717, 1.165) is 5.92 Å². The van der Waals surface area contributed by atoms with Crippen LogP contribution in [0.1, 0.15) is 62.3 Å². The van der Waals surface area contributed by atoms with Gasteiger partial charge in [-0.2, -0.15) is 0 Å². The van der Waals surface area contributed by atoms with Crippen LogP contribution in [-0.4, -0.2) is 0 Å². The average molecular weight is 508 g/mol. The first kappa shape index (κ1) is 25.6.